The summed E-state index contributed by atoms with van der Waals surface area (Å²) in [5.74, 6) is 0.816. The lowest BCUT2D eigenvalue weighted by molar-refractivity contribution is -0.121. The topological polar surface area (TPSA) is 67.6 Å². The number of likely N-dealkylation sites (N-methyl/N-ethyl adjacent to an activating group) is 1. The number of methoxy groups -OCH3 is 1. The van der Waals surface area contributed by atoms with E-state index in [4.69, 9.17) is 10.5 Å². The van der Waals surface area contributed by atoms with Crippen molar-refractivity contribution in [3.8, 4) is 5.75 Å². The summed E-state index contributed by atoms with van der Waals surface area (Å²) in [5, 5.41) is 2.90. The van der Waals surface area contributed by atoms with Crippen molar-refractivity contribution in [2.75, 3.05) is 34.3 Å². The highest BCUT2D eigenvalue weighted by atomic mass is 16.5. The van der Waals surface area contributed by atoms with Gasteiger partial charge >= 0.3 is 0 Å². The molecule has 0 aliphatic carbocycles. The minimum Gasteiger partial charge on any atom is -0.497 e. The van der Waals surface area contributed by atoms with Crippen molar-refractivity contribution >= 4 is 5.91 Å². The lowest BCUT2D eigenvalue weighted by atomic mass is 10.1. The van der Waals surface area contributed by atoms with Gasteiger partial charge in [-0.25, -0.2) is 0 Å². The van der Waals surface area contributed by atoms with Crippen molar-refractivity contribution in [1.29, 1.82) is 0 Å². The van der Waals surface area contributed by atoms with E-state index in [1.54, 1.807) is 7.11 Å². The molecule has 1 aromatic rings. The van der Waals surface area contributed by atoms with Crippen LogP contribution in [0.25, 0.3) is 0 Å². The molecule has 1 unspecified atom stereocenters. The van der Waals surface area contributed by atoms with Gasteiger partial charge in [0.05, 0.1) is 13.2 Å². The van der Waals surface area contributed by atoms with Crippen molar-refractivity contribution in [2.45, 2.75) is 12.5 Å². The van der Waals surface area contributed by atoms with E-state index in [0.717, 1.165) is 11.3 Å². The molecule has 0 heterocycles. The van der Waals surface area contributed by atoms with E-state index in [1.165, 1.54) is 0 Å². The Morgan fingerprint density at radius 3 is 2.47 bits per heavy atom. The fraction of sp³-hybridized carbons (Fsp3) is 0.500. The molecule has 5 heteroatoms. The van der Waals surface area contributed by atoms with E-state index in [2.05, 4.69) is 10.2 Å². The van der Waals surface area contributed by atoms with Crippen LogP contribution in [-0.2, 0) is 4.79 Å². The smallest absolute Gasteiger partial charge is 0.221 e. The summed E-state index contributed by atoms with van der Waals surface area (Å²) in [6.07, 6.45) is 0.364. The number of amides is 1. The highest BCUT2D eigenvalue weighted by Gasteiger charge is 2.15. The van der Waals surface area contributed by atoms with Crippen molar-refractivity contribution in [3.63, 3.8) is 0 Å². The fourth-order valence-corrected chi connectivity index (χ4v) is 1.85. The third-order valence-electron chi connectivity index (χ3n) is 2.99. The largest absolute Gasteiger partial charge is 0.497 e. The quantitative estimate of drug-likeness (QED) is 0.764. The molecule has 0 radical (unpaired) electrons. The zero-order valence-corrected chi connectivity index (χ0v) is 11.8. The predicted octanol–water partition coefficient (Wildman–Crippen LogP) is 0.763. The van der Waals surface area contributed by atoms with E-state index >= 15 is 0 Å². The molecule has 0 fully saturated rings. The first-order valence-corrected chi connectivity index (χ1v) is 6.35. The van der Waals surface area contributed by atoms with E-state index in [1.807, 2.05) is 38.4 Å². The maximum Gasteiger partial charge on any atom is 0.221 e. The molecule has 106 valence electrons. The van der Waals surface area contributed by atoms with E-state index < -0.39 is 0 Å². The Morgan fingerprint density at radius 1 is 1.37 bits per heavy atom. The minimum absolute atomic E-state index is 0.0112. The van der Waals surface area contributed by atoms with Crippen LogP contribution in [-0.4, -0.2) is 45.1 Å². The average molecular weight is 265 g/mol. The second kappa shape index (κ2) is 7.76. The van der Waals surface area contributed by atoms with Crippen molar-refractivity contribution < 1.29 is 9.53 Å². The number of ether oxygens (including phenoxy) is 1. The number of nitrogens with one attached hydrogen (secondary N) is 1. The molecule has 0 spiro atoms. The fourth-order valence-electron chi connectivity index (χ4n) is 1.85. The number of hydrogen-bond acceptors (Lipinski definition) is 4. The van der Waals surface area contributed by atoms with E-state index in [9.17, 15) is 4.79 Å². The summed E-state index contributed by atoms with van der Waals surface area (Å²) in [4.78, 5) is 13.5. The zero-order valence-electron chi connectivity index (χ0n) is 11.8. The Hall–Kier alpha value is -1.59. The summed E-state index contributed by atoms with van der Waals surface area (Å²) >= 11 is 0. The van der Waals surface area contributed by atoms with Crippen LogP contribution in [0.15, 0.2) is 24.3 Å². The Kier molecular flexibility index (Phi) is 6.32. The third kappa shape index (κ3) is 4.89. The van der Waals surface area contributed by atoms with Gasteiger partial charge in [0.15, 0.2) is 0 Å². The monoisotopic (exact) mass is 265 g/mol. The van der Waals surface area contributed by atoms with Crippen LogP contribution in [0.1, 0.15) is 18.0 Å². The van der Waals surface area contributed by atoms with Gasteiger partial charge in [0.2, 0.25) is 5.91 Å². The van der Waals surface area contributed by atoms with Crippen LogP contribution < -0.4 is 15.8 Å². The second-order valence-corrected chi connectivity index (χ2v) is 4.60. The average Bonchev–Trinajstić information content (AvgIpc) is 2.39. The van der Waals surface area contributed by atoms with Gasteiger partial charge in [0, 0.05) is 19.5 Å². The standard InChI is InChI=1S/C14H23N3O2/c1-17(2)13(10-16-14(18)8-9-15)11-4-6-12(19-3)7-5-11/h4-7,13H,8-10,15H2,1-3H3,(H,16,18). The Morgan fingerprint density at radius 2 is 2.00 bits per heavy atom. The van der Waals surface area contributed by atoms with Crippen LogP contribution in [0.2, 0.25) is 0 Å². The first-order valence-electron chi connectivity index (χ1n) is 6.35. The molecule has 3 N–H and O–H groups in total. The number of carbonyl (C=O) groups is 1. The van der Waals surface area contributed by atoms with Gasteiger partial charge < -0.3 is 20.7 Å². The van der Waals surface area contributed by atoms with Crippen molar-refractivity contribution in [1.82, 2.24) is 10.2 Å². The molecule has 19 heavy (non-hydrogen) atoms. The maximum atomic E-state index is 11.5. The lowest BCUT2D eigenvalue weighted by Crippen LogP contribution is -2.35. The summed E-state index contributed by atoms with van der Waals surface area (Å²) in [5.41, 5.74) is 6.49. The van der Waals surface area contributed by atoms with Crippen LogP contribution in [0, 0.1) is 0 Å². The summed E-state index contributed by atoms with van der Waals surface area (Å²) in [7, 11) is 5.62. The molecule has 0 aliphatic heterocycles. The molecule has 1 amide bonds. The highest BCUT2D eigenvalue weighted by Crippen LogP contribution is 2.20. The molecule has 0 aromatic heterocycles. The summed E-state index contributed by atoms with van der Waals surface area (Å²) in [6, 6.07) is 8.01. The van der Waals surface area contributed by atoms with Crippen LogP contribution >= 0.6 is 0 Å². The lowest BCUT2D eigenvalue weighted by Gasteiger charge is -2.25. The van der Waals surface area contributed by atoms with Gasteiger partial charge in [-0.15, -0.1) is 0 Å². The predicted molar refractivity (Wildman–Crippen MR) is 76.1 cm³/mol. The number of nitrogens with zero attached hydrogens (tertiary/aromatic N) is 1. The molecular weight excluding hydrogens is 242 g/mol. The number of benzene rings is 1. The van der Waals surface area contributed by atoms with Crippen LogP contribution in [0.3, 0.4) is 0 Å². The molecule has 5 nitrogen and oxygen atoms in total. The Labute approximate surface area is 114 Å². The minimum atomic E-state index is -0.0112. The Balaban J connectivity index is 2.68. The Bertz CT molecular complexity index is 390. The zero-order chi connectivity index (χ0) is 14.3. The second-order valence-electron chi connectivity index (χ2n) is 4.60. The van der Waals surface area contributed by atoms with Gasteiger partial charge in [-0.05, 0) is 31.8 Å². The normalized spacial score (nSPS) is 12.3. The molecule has 0 saturated heterocycles. The van der Waals surface area contributed by atoms with Gasteiger partial charge in [-0.3, -0.25) is 4.79 Å². The first-order chi connectivity index (χ1) is 9.08. The van der Waals surface area contributed by atoms with Gasteiger partial charge in [0.1, 0.15) is 5.75 Å². The first kappa shape index (κ1) is 15.5. The maximum absolute atomic E-state index is 11.5. The molecule has 0 bridgehead atoms. The van der Waals surface area contributed by atoms with Gasteiger partial charge in [0.25, 0.3) is 0 Å². The molecule has 1 aromatic carbocycles. The number of carbonyl (C=O) groups excluding carboxylic acids is 1. The number of hydrogen-bond donors (Lipinski definition) is 2. The van der Waals surface area contributed by atoms with E-state index in [0.29, 0.717) is 19.5 Å². The number of nitrogens with two attached hydrogens (primary N) is 1. The SMILES string of the molecule is COc1ccc(C(CNC(=O)CCN)N(C)C)cc1. The van der Waals surface area contributed by atoms with Gasteiger partial charge in [-0.1, -0.05) is 12.1 Å². The van der Waals surface area contributed by atoms with Crippen LogP contribution in [0.4, 0.5) is 0 Å². The van der Waals surface area contributed by atoms with Crippen LogP contribution in [0.5, 0.6) is 5.75 Å². The third-order valence-corrected chi connectivity index (χ3v) is 2.99. The summed E-state index contributed by atoms with van der Waals surface area (Å²) in [6.45, 7) is 0.944. The molecular formula is C14H23N3O2. The molecule has 0 saturated carbocycles. The molecule has 1 rings (SSSR count). The molecule has 0 aliphatic rings. The van der Waals surface area contributed by atoms with Gasteiger partial charge in [-0.2, -0.15) is 0 Å². The highest BCUT2D eigenvalue weighted by molar-refractivity contribution is 5.76. The summed E-state index contributed by atoms with van der Waals surface area (Å²) < 4.78 is 5.14. The number of rotatable bonds is 7. The van der Waals surface area contributed by atoms with Crippen molar-refractivity contribution in [3.05, 3.63) is 29.8 Å². The molecule has 1 atom stereocenters. The van der Waals surface area contributed by atoms with E-state index in [-0.39, 0.29) is 11.9 Å². The van der Waals surface area contributed by atoms with Crippen molar-refractivity contribution in [2.24, 2.45) is 5.73 Å².